The molecule has 0 rings (SSSR count). The van der Waals surface area contributed by atoms with Gasteiger partial charge in [-0.2, -0.15) is 0 Å². The van der Waals surface area contributed by atoms with Gasteiger partial charge in [-0.05, 0) is 32.9 Å². The van der Waals surface area contributed by atoms with Gasteiger partial charge >= 0.3 is 0 Å². The molecule has 0 saturated heterocycles. The lowest BCUT2D eigenvalue weighted by molar-refractivity contribution is 0.347. The molecule has 0 amide bonds. The molecule has 78 valence electrons. The molecule has 0 aromatic rings. The highest BCUT2D eigenvalue weighted by molar-refractivity contribution is 6.22. The lowest BCUT2D eigenvalue weighted by atomic mass is 10.1. The summed E-state index contributed by atoms with van der Waals surface area (Å²) >= 11 is 0. The van der Waals surface area contributed by atoms with Crippen molar-refractivity contribution in [1.82, 2.24) is 10.6 Å². The SMILES string of the molecule is C=C([SiH3])C(C)(NCCC)NCCC. The van der Waals surface area contributed by atoms with Gasteiger partial charge in [0.1, 0.15) is 0 Å². The lowest BCUT2D eigenvalue weighted by Gasteiger charge is -2.33. The summed E-state index contributed by atoms with van der Waals surface area (Å²) in [6.45, 7) is 12.7. The molecule has 0 aliphatic carbocycles. The zero-order valence-electron chi connectivity index (χ0n) is 9.54. The van der Waals surface area contributed by atoms with Crippen molar-refractivity contribution in [3.8, 4) is 0 Å². The third kappa shape index (κ3) is 4.60. The Hall–Kier alpha value is -0.123. The van der Waals surface area contributed by atoms with E-state index in [2.05, 4.69) is 38.0 Å². The third-order valence-electron chi connectivity index (χ3n) is 2.31. The standard InChI is InChI=1S/C10H24N2Si/c1-5-7-11-10(4,9(3)13)12-8-6-2/h11-12H,3,5-8H2,1-2,4,13H3. The second kappa shape index (κ2) is 6.35. The number of hydrogen-bond acceptors (Lipinski definition) is 2. The first-order valence-electron chi connectivity index (χ1n) is 5.22. The Morgan fingerprint density at radius 2 is 1.62 bits per heavy atom. The van der Waals surface area contributed by atoms with E-state index in [9.17, 15) is 0 Å². The Kier molecular flexibility index (Phi) is 6.29. The molecule has 0 spiro atoms. The van der Waals surface area contributed by atoms with E-state index in [-0.39, 0.29) is 5.66 Å². The van der Waals surface area contributed by atoms with E-state index < -0.39 is 0 Å². The highest BCUT2D eigenvalue weighted by Crippen LogP contribution is 2.07. The van der Waals surface area contributed by atoms with Crippen LogP contribution >= 0.6 is 0 Å². The summed E-state index contributed by atoms with van der Waals surface area (Å²) in [6, 6.07) is 0. The van der Waals surface area contributed by atoms with Crippen molar-refractivity contribution < 1.29 is 0 Å². The maximum atomic E-state index is 4.07. The normalized spacial score (nSPS) is 11.9. The van der Waals surface area contributed by atoms with E-state index in [1.165, 1.54) is 5.20 Å². The maximum absolute atomic E-state index is 4.07. The van der Waals surface area contributed by atoms with Gasteiger partial charge in [0.15, 0.2) is 0 Å². The van der Waals surface area contributed by atoms with Gasteiger partial charge in [0, 0.05) is 10.2 Å². The molecule has 13 heavy (non-hydrogen) atoms. The first kappa shape index (κ1) is 12.9. The molecule has 0 fully saturated rings. The van der Waals surface area contributed by atoms with Crippen molar-refractivity contribution in [3.05, 3.63) is 11.8 Å². The second-order valence-electron chi connectivity index (χ2n) is 3.76. The molecule has 0 heterocycles. The molecule has 0 unspecified atom stereocenters. The van der Waals surface area contributed by atoms with Gasteiger partial charge in [0.2, 0.25) is 0 Å². The van der Waals surface area contributed by atoms with E-state index in [1.807, 2.05) is 0 Å². The third-order valence-corrected chi connectivity index (χ3v) is 3.31. The molecule has 0 radical (unpaired) electrons. The summed E-state index contributed by atoms with van der Waals surface area (Å²) in [7, 11) is 1.04. The Morgan fingerprint density at radius 1 is 1.23 bits per heavy atom. The van der Waals surface area contributed by atoms with E-state index in [0.29, 0.717) is 0 Å². The van der Waals surface area contributed by atoms with Crippen LogP contribution in [0.2, 0.25) is 0 Å². The van der Waals surface area contributed by atoms with Crippen molar-refractivity contribution in [2.45, 2.75) is 39.3 Å². The monoisotopic (exact) mass is 200 g/mol. The molecule has 0 aromatic heterocycles. The van der Waals surface area contributed by atoms with Crippen LogP contribution in [0.25, 0.3) is 0 Å². The number of rotatable bonds is 7. The zero-order valence-corrected chi connectivity index (χ0v) is 11.5. The van der Waals surface area contributed by atoms with Crippen LogP contribution in [0.5, 0.6) is 0 Å². The van der Waals surface area contributed by atoms with Crippen LogP contribution < -0.4 is 10.6 Å². The van der Waals surface area contributed by atoms with Gasteiger partial charge in [-0.1, -0.05) is 19.0 Å². The minimum atomic E-state index is -0.0295. The van der Waals surface area contributed by atoms with Gasteiger partial charge in [-0.3, -0.25) is 10.6 Å². The van der Waals surface area contributed by atoms with E-state index in [0.717, 1.165) is 36.2 Å². The zero-order chi connectivity index (χ0) is 10.3. The van der Waals surface area contributed by atoms with Crippen LogP contribution in [0.3, 0.4) is 0 Å². The first-order valence-corrected chi connectivity index (χ1v) is 6.22. The molecule has 2 N–H and O–H groups in total. The average molecular weight is 200 g/mol. The van der Waals surface area contributed by atoms with Crippen LogP contribution in [0.15, 0.2) is 11.8 Å². The molecule has 0 aromatic carbocycles. The van der Waals surface area contributed by atoms with Crippen molar-refractivity contribution >= 4 is 10.2 Å². The number of hydrogen-bond donors (Lipinski definition) is 2. The Bertz CT molecular complexity index is 149. The molecule has 2 nitrogen and oxygen atoms in total. The van der Waals surface area contributed by atoms with Gasteiger partial charge in [-0.25, -0.2) is 0 Å². The molecule has 0 saturated carbocycles. The molecular formula is C10H24N2Si. The maximum Gasteiger partial charge on any atom is 0.0831 e. The fourth-order valence-electron chi connectivity index (χ4n) is 1.11. The van der Waals surface area contributed by atoms with Crippen LogP contribution in [-0.4, -0.2) is 29.0 Å². The van der Waals surface area contributed by atoms with Gasteiger partial charge in [-0.15, -0.1) is 6.58 Å². The fourth-order valence-corrected chi connectivity index (χ4v) is 1.47. The summed E-state index contributed by atoms with van der Waals surface area (Å²) < 4.78 is 0. The van der Waals surface area contributed by atoms with Crippen LogP contribution in [-0.2, 0) is 0 Å². The Labute approximate surface area is 85.6 Å². The van der Waals surface area contributed by atoms with E-state index in [4.69, 9.17) is 0 Å². The highest BCUT2D eigenvalue weighted by atomic mass is 28.1. The minimum Gasteiger partial charge on any atom is -0.296 e. The molecule has 0 aliphatic heterocycles. The van der Waals surface area contributed by atoms with Gasteiger partial charge in [0.05, 0.1) is 5.66 Å². The summed E-state index contributed by atoms with van der Waals surface area (Å²) in [5.41, 5.74) is -0.0295. The molecule has 0 atom stereocenters. The second-order valence-corrected chi connectivity index (χ2v) is 4.97. The average Bonchev–Trinajstić information content (AvgIpc) is 2.11. The van der Waals surface area contributed by atoms with Crippen LogP contribution in [0, 0.1) is 0 Å². The largest absolute Gasteiger partial charge is 0.296 e. The van der Waals surface area contributed by atoms with Crippen LogP contribution in [0.4, 0.5) is 0 Å². The summed E-state index contributed by atoms with van der Waals surface area (Å²) in [5, 5.41) is 8.29. The first-order chi connectivity index (χ1) is 6.06. The van der Waals surface area contributed by atoms with Gasteiger partial charge < -0.3 is 0 Å². The highest BCUT2D eigenvalue weighted by Gasteiger charge is 2.21. The van der Waals surface area contributed by atoms with Crippen LogP contribution in [0.1, 0.15) is 33.6 Å². The Balaban J connectivity index is 4.08. The molecule has 3 heteroatoms. The smallest absolute Gasteiger partial charge is 0.0831 e. The summed E-state index contributed by atoms with van der Waals surface area (Å²) in [6.07, 6.45) is 2.33. The lowest BCUT2D eigenvalue weighted by Crippen LogP contribution is -2.56. The topological polar surface area (TPSA) is 24.1 Å². The van der Waals surface area contributed by atoms with Crippen molar-refractivity contribution in [1.29, 1.82) is 0 Å². The summed E-state index contributed by atoms with van der Waals surface area (Å²) in [5.74, 6) is 0. The summed E-state index contributed by atoms with van der Waals surface area (Å²) in [4.78, 5) is 0. The van der Waals surface area contributed by atoms with E-state index >= 15 is 0 Å². The van der Waals surface area contributed by atoms with Gasteiger partial charge in [0.25, 0.3) is 0 Å². The van der Waals surface area contributed by atoms with Crippen molar-refractivity contribution in [2.24, 2.45) is 0 Å². The molecule has 0 aliphatic rings. The minimum absolute atomic E-state index is 0.0295. The van der Waals surface area contributed by atoms with Crippen molar-refractivity contribution in [2.75, 3.05) is 13.1 Å². The number of nitrogens with one attached hydrogen (secondary N) is 2. The molecular weight excluding hydrogens is 176 g/mol. The molecule has 0 bridgehead atoms. The predicted molar refractivity (Wildman–Crippen MR) is 64.1 cm³/mol. The Morgan fingerprint density at radius 3 is 1.85 bits per heavy atom. The quantitative estimate of drug-likeness (QED) is 0.464. The van der Waals surface area contributed by atoms with E-state index in [1.54, 1.807) is 0 Å². The fraction of sp³-hybridized carbons (Fsp3) is 0.800. The van der Waals surface area contributed by atoms with Crippen molar-refractivity contribution in [3.63, 3.8) is 0 Å². The predicted octanol–water partition coefficient (Wildman–Crippen LogP) is 0.581.